The van der Waals surface area contributed by atoms with E-state index in [9.17, 15) is 14.7 Å². The standard InChI is InChI=1S/C29H38N2O5/c1-6-19-35-23-13-9-21(10-14-23)26-25(27(32)22-11-15-24(16-12-22)36-20(4)5)28(33)29(34)31(26)18-17-30(7-2)8-3/h9-16,20,26,32H,6-8,17-19H2,1-5H3/b27-25+/t26-/m0/s1. The van der Waals surface area contributed by atoms with Gasteiger partial charge in [0.2, 0.25) is 0 Å². The third-order valence-corrected chi connectivity index (χ3v) is 6.26. The number of aliphatic hydroxyl groups is 1. The van der Waals surface area contributed by atoms with Gasteiger partial charge in [0.15, 0.2) is 0 Å². The van der Waals surface area contributed by atoms with Gasteiger partial charge in [0.05, 0.1) is 24.3 Å². The molecule has 2 aromatic rings. The zero-order valence-electron chi connectivity index (χ0n) is 22.0. The van der Waals surface area contributed by atoms with Crippen molar-refractivity contribution in [1.29, 1.82) is 0 Å². The number of carbonyl (C=O) groups excluding carboxylic acids is 2. The molecule has 3 rings (SSSR count). The molecule has 0 unspecified atom stereocenters. The highest BCUT2D eigenvalue weighted by Crippen LogP contribution is 2.40. The summed E-state index contributed by atoms with van der Waals surface area (Å²) in [6.45, 7) is 13.4. The van der Waals surface area contributed by atoms with Crippen LogP contribution >= 0.6 is 0 Å². The van der Waals surface area contributed by atoms with Crippen LogP contribution in [0.5, 0.6) is 11.5 Å². The smallest absolute Gasteiger partial charge is 0.295 e. The fraction of sp³-hybridized carbons (Fsp3) is 0.448. The van der Waals surface area contributed by atoms with Gasteiger partial charge in [-0.25, -0.2) is 0 Å². The molecule has 1 fully saturated rings. The maximum absolute atomic E-state index is 13.2. The summed E-state index contributed by atoms with van der Waals surface area (Å²) in [5, 5.41) is 11.3. The van der Waals surface area contributed by atoms with Crippen molar-refractivity contribution in [3.63, 3.8) is 0 Å². The van der Waals surface area contributed by atoms with Crippen LogP contribution in [0, 0.1) is 0 Å². The van der Waals surface area contributed by atoms with Crippen molar-refractivity contribution < 1.29 is 24.2 Å². The minimum Gasteiger partial charge on any atom is -0.507 e. The Kier molecular flexibility index (Phi) is 9.53. The Hall–Kier alpha value is -3.32. The number of Topliss-reactive ketones (excluding diaryl/α,β-unsaturated/α-hetero) is 1. The molecule has 7 heteroatoms. The van der Waals surface area contributed by atoms with Gasteiger partial charge < -0.3 is 24.4 Å². The first-order chi connectivity index (χ1) is 17.3. The van der Waals surface area contributed by atoms with E-state index < -0.39 is 17.7 Å². The fourth-order valence-electron chi connectivity index (χ4n) is 4.33. The minimum absolute atomic E-state index is 0.0184. The molecular weight excluding hydrogens is 456 g/mol. The number of likely N-dealkylation sites (tertiary alicyclic amines) is 1. The molecule has 0 saturated carbocycles. The van der Waals surface area contributed by atoms with E-state index in [0.717, 1.165) is 30.8 Å². The molecule has 2 aromatic carbocycles. The summed E-state index contributed by atoms with van der Waals surface area (Å²) >= 11 is 0. The third kappa shape index (κ3) is 6.26. The summed E-state index contributed by atoms with van der Waals surface area (Å²) < 4.78 is 11.4. The quantitative estimate of drug-likeness (QED) is 0.253. The average Bonchev–Trinajstić information content (AvgIpc) is 3.13. The van der Waals surface area contributed by atoms with Crippen molar-refractivity contribution in [2.45, 2.75) is 53.2 Å². The second-order valence-corrected chi connectivity index (χ2v) is 9.13. The topological polar surface area (TPSA) is 79.3 Å². The Morgan fingerprint density at radius 1 is 0.972 bits per heavy atom. The largest absolute Gasteiger partial charge is 0.507 e. The van der Waals surface area contributed by atoms with Gasteiger partial charge in [-0.2, -0.15) is 0 Å². The summed E-state index contributed by atoms with van der Waals surface area (Å²) in [6.07, 6.45) is 0.915. The van der Waals surface area contributed by atoms with Crippen molar-refractivity contribution in [1.82, 2.24) is 9.80 Å². The lowest BCUT2D eigenvalue weighted by atomic mass is 9.95. The van der Waals surface area contributed by atoms with E-state index >= 15 is 0 Å². The minimum atomic E-state index is -0.688. The lowest BCUT2D eigenvalue weighted by Crippen LogP contribution is -2.38. The van der Waals surface area contributed by atoms with Crippen LogP contribution in [0.2, 0.25) is 0 Å². The van der Waals surface area contributed by atoms with E-state index in [4.69, 9.17) is 9.47 Å². The van der Waals surface area contributed by atoms with Gasteiger partial charge >= 0.3 is 0 Å². The molecule has 194 valence electrons. The lowest BCUT2D eigenvalue weighted by molar-refractivity contribution is -0.140. The van der Waals surface area contributed by atoms with Crippen molar-refractivity contribution in [2.75, 3.05) is 32.8 Å². The Morgan fingerprint density at radius 2 is 1.58 bits per heavy atom. The second-order valence-electron chi connectivity index (χ2n) is 9.13. The van der Waals surface area contributed by atoms with Crippen LogP contribution in [-0.4, -0.2) is 65.5 Å². The second kappa shape index (κ2) is 12.6. The van der Waals surface area contributed by atoms with Gasteiger partial charge in [-0.3, -0.25) is 9.59 Å². The van der Waals surface area contributed by atoms with Gasteiger partial charge in [-0.05, 0) is 75.3 Å². The molecule has 0 aliphatic carbocycles. The predicted molar refractivity (Wildman–Crippen MR) is 141 cm³/mol. The number of ether oxygens (including phenoxy) is 2. The zero-order chi connectivity index (χ0) is 26.2. The predicted octanol–water partition coefficient (Wildman–Crippen LogP) is 5.03. The molecule has 1 aliphatic rings. The maximum atomic E-state index is 13.2. The summed E-state index contributed by atoms with van der Waals surface area (Å²) in [5.74, 6) is -0.0707. The van der Waals surface area contributed by atoms with E-state index in [0.29, 0.717) is 31.0 Å². The maximum Gasteiger partial charge on any atom is 0.295 e. The van der Waals surface area contributed by atoms with Crippen molar-refractivity contribution >= 4 is 17.4 Å². The molecule has 1 N–H and O–H groups in total. The molecule has 0 radical (unpaired) electrons. The van der Waals surface area contributed by atoms with Crippen molar-refractivity contribution in [2.24, 2.45) is 0 Å². The van der Waals surface area contributed by atoms with Gasteiger partial charge in [-0.1, -0.05) is 32.9 Å². The number of ketones is 1. The Bertz CT molecular complexity index is 1060. The molecule has 1 atom stereocenters. The van der Waals surface area contributed by atoms with E-state index in [1.807, 2.05) is 45.0 Å². The third-order valence-electron chi connectivity index (χ3n) is 6.26. The molecule has 7 nitrogen and oxygen atoms in total. The number of amides is 1. The van der Waals surface area contributed by atoms with Gasteiger partial charge in [0.25, 0.3) is 11.7 Å². The van der Waals surface area contributed by atoms with E-state index in [2.05, 4.69) is 18.7 Å². The first-order valence-electron chi connectivity index (χ1n) is 12.8. The first-order valence-corrected chi connectivity index (χ1v) is 12.8. The van der Waals surface area contributed by atoms with Crippen molar-refractivity contribution in [3.05, 3.63) is 65.2 Å². The number of rotatable bonds is 12. The van der Waals surface area contributed by atoms with E-state index in [1.165, 1.54) is 0 Å². The van der Waals surface area contributed by atoms with Crippen LogP contribution in [0.25, 0.3) is 5.76 Å². The number of hydrogen-bond donors (Lipinski definition) is 1. The van der Waals surface area contributed by atoms with Crippen molar-refractivity contribution in [3.8, 4) is 11.5 Å². The molecule has 1 amide bonds. The van der Waals surface area contributed by atoms with Crippen LogP contribution in [0.4, 0.5) is 0 Å². The van der Waals surface area contributed by atoms with Crippen LogP contribution in [0.1, 0.15) is 58.2 Å². The molecule has 1 heterocycles. The highest BCUT2D eigenvalue weighted by molar-refractivity contribution is 6.46. The number of likely N-dealkylation sites (N-methyl/N-ethyl adjacent to an activating group) is 1. The van der Waals surface area contributed by atoms with Gasteiger partial charge in [-0.15, -0.1) is 0 Å². The van der Waals surface area contributed by atoms with E-state index in [1.54, 1.807) is 29.2 Å². The van der Waals surface area contributed by atoms with E-state index in [-0.39, 0.29) is 17.4 Å². The highest BCUT2D eigenvalue weighted by Gasteiger charge is 2.46. The molecule has 0 bridgehead atoms. The summed E-state index contributed by atoms with van der Waals surface area (Å²) in [6, 6.07) is 13.6. The van der Waals surface area contributed by atoms with Crippen LogP contribution in [0.3, 0.4) is 0 Å². The molecule has 1 saturated heterocycles. The molecular formula is C29H38N2O5. The number of hydrogen-bond acceptors (Lipinski definition) is 6. The molecule has 1 aliphatic heterocycles. The SMILES string of the molecule is CCCOc1ccc([C@H]2/C(=C(\O)c3ccc(OC(C)C)cc3)C(=O)C(=O)N2CCN(CC)CC)cc1. The Balaban J connectivity index is 2.02. The summed E-state index contributed by atoms with van der Waals surface area (Å²) in [7, 11) is 0. The Labute approximate surface area is 214 Å². The van der Waals surface area contributed by atoms with Gasteiger partial charge in [0, 0.05) is 18.7 Å². The number of aliphatic hydroxyl groups excluding tert-OH is 1. The number of benzene rings is 2. The normalized spacial score (nSPS) is 17.3. The van der Waals surface area contributed by atoms with Crippen LogP contribution in [-0.2, 0) is 9.59 Å². The zero-order valence-corrected chi connectivity index (χ0v) is 22.0. The first kappa shape index (κ1) is 27.3. The monoisotopic (exact) mass is 494 g/mol. The summed E-state index contributed by atoms with van der Waals surface area (Å²) in [5.41, 5.74) is 1.30. The highest BCUT2D eigenvalue weighted by atomic mass is 16.5. The number of carbonyl (C=O) groups is 2. The lowest BCUT2D eigenvalue weighted by Gasteiger charge is -2.28. The van der Waals surface area contributed by atoms with Gasteiger partial charge in [0.1, 0.15) is 17.3 Å². The number of nitrogens with zero attached hydrogens (tertiary/aromatic N) is 2. The summed E-state index contributed by atoms with van der Waals surface area (Å²) in [4.78, 5) is 30.2. The molecule has 0 aromatic heterocycles. The van der Waals surface area contributed by atoms with Crippen LogP contribution in [0.15, 0.2) is 54.1 Å². The average molecular weight is 495 g/mol. The molecule has 36 heavy (non-hydrogen) atoms. The van der Waals surface area contributed by atoms with Crippen LogP contribution < -0.4 is 9.47 Å². The Morgan fingerprint density at radius 3 is 2.14 bits per heavy atom. The molecule has 0 spiro atoms. The fourth-order valence-corrected chi connectivity index (χ4v) is 4.33.